The van der Waals surface area contributed by atoms with Crippen molar-refractivity contribution in [1.29, 1.82) is 0 Å². The number of para-hydroxylation sites is 1. The van der Waals surface area contributed by atoms with Gasteiger partial charge in [0.05, 0.1) is 5.69 Å². The number of hydrogen-bond donors (Lipinski definition) is 0. The lowest BCUT2D eigenvalue weighted by atomic mass is 10.1. The number of benzene rings is 2. The van der Waals surface area contributed by atoms with Crippen LogP contribution in [0.5, 0.6) is 5.75 Å². The van der Waals surface area contributed by atoms with Crippen LogP contribution in [0.2, 0.25) is 0 Å². The zero-order valence-electron chi connectivity index (χ0n) is 10.9. The smallest absolute Gasteiger partial charge is 0.284 e. The molecular weight excluding hydrogens is 254 g/mol. The fourth-order valence-electron chi connectivity index (χ4n) is 2.07. The molecule has 100 valence electrons. The topological polar surface area (TPSA) is 46.6 Å². The van der Waals surface area contributed by atoms with Gasteiger partial charge in [0.25, 0.3) is 17.9 Å². The predicted molar refractivity (Wildman–Crippen MR) is 74.5 cm³/mol. The maximum absolute atomic E-state index is 12.0. The Labute approximate surface area is 116 Å². The molecule has 2 aromatic carbocycles. The van der Waals surface area contributed by atoms with Gasteiger partial charge in [-0.25, -0.2) is 4.90 Å². The summed E-state index contributed by atoms with van der Waals surface area (Å²) in [5, 5.41) is 0. The highest BCUT2D eigenvalue weighted by Crippen LogP contribution is 2.26. The molecule has 0 aliphatic carbocycles. The lowest BCUT2D eigenvalue weighted by Gasteiger charge is -2.35. The molecule has 0 unspecified atom stereocenters. The number of nitrogens with zero attached hydrogens (tertiary/aromatic N) is 1. The summed E-state index contributed by atoms with van der Waals surface area (Å²) in [6.07, 6.45) is -1.03. The van der Waals surface area contributed by atoms with Gasteiger partial charge in [-0.2, -0.15) is 0 Å². The van der Waals surface area contributed by atoms with E-state index in [1.807, 2.05) is 25.1 Å². The Kier molecular flexibility index (Phi) is 2.99. The molecule has 0 radical (unpaired) electrons. The maximum atomic E-state index is 12.0. The van der Waals surface area contributed by atoms with Crippen LogP contribution in [0.1, 0.15) is 5.56 Å². The van der Waals surface area contributed by atoms with Crippen LogP contribution in [0.4, 0.5) is 5.69 Å². The summed E-state index contributed by atoms with van der Waals surface area (Å²) < 4.78 is 5.41. The van der Waals surface area contributed by atoms with Crippen LogP contribution < -0.4 is 9.64 Å². The molecule has 2 amide bonds. The van der Waals surface area contributed by atoms with E-state index in [0.29, 0.717) is 11.4 Å². The van der Waals surface area contributed by atoms with Gasteiger partial charge < -0.3 is 4.74 Å². The van der Waals surface area contributed by atoms with E-state index in [4.69, 9.17) is 4.74 Å². The minimum Gasteiger partial charge on any atom is -0.471 e. The molecule has 0 bridgehead atoms. The molecule has 20 heavy (non-hydrogen) atoms. The van der Waals surface area contributed by atoms with Crippen LogP contribution in [0.15, 0.2) is 54.6 Å². The fourth-order valence-corrected chi connectivity index (χ4v) is 2.07. The first kappa shape index (κ1) is 12.4. The van der Waals surface area contributed by atoms with Gasteiger partial charge in [-0.1, -0.05) is 35.9 Å². The van der Waals surface area contributed by atoms with Crippen molar-refractivity contribution in [3.63, 3.8) is 0 Å². The fraction of sp³-hybridized carbons (Fsp3) is 0.125. The third-order valence-electron chi connectivity index (χ3n) is 3.18. The minimum atomic E-state index is -1.03. The number of β-lactam (4-membered cyclic amide) rings is 2. The van der Waals surface area contributed by atoms with E-state index in [2.05, 4.69) is 0 Å². The van der Waals surface area contributed by atoms with Crippen molar-refractivity contribution < 1.29 is 14.3 Å². The van der Waals surface area contributed by atoms with Crippen LogP contribution in [0.3, 0.4) is 0 Å². The monoisotopic (exact) mass is 267 g/mol. The molecular formula is C16H13NO3. The highest BCUT2D eigenvalue weighted by Gasteiger charge is 2.49. The van der Waals surface area contributed by atoms with Crippen molar-refractivity contribution in [1.82, 2.24) is 0 Å². The SMILES string of the molecule is Cc1ccc(N2C(=O)C(Oc3ccccc3)C2=O)cc1. The van der Waals surface area contributed by atoms with Crippen LogP contribution in [-0.4, -0.2) is 17.9 Å². The highest BCUT2D eigenvalue weighted by atomic mass is 16.5. The van der Waals surface area contributed by atoms with Gasteiger partial charge >= 0.3 is 0 Å². The summed E-state index contributed by atoms with van der Waals surface area (Å²) in [7, 11) is 0. The Balaban J connectivity index is 1.75. The second kappa shape index (κ2) is 4.81. The summed E-state index contributed by atoms with van der Waals surface area (Å²) in [4.78, 5) is 25.2. The van der Waals surface area contributed by atoms with Crippen LogP contribution in [0.25, 0.3) is 0 Å². The van der Waals surface area contributed by atoms with Gasteiger partial charge in [0.15, 0.2) is 0 Å². The van der Waals surface area contributed by atoms with Crippen LogP contribution in [0, 0.1) is 6.92 Å². The van der Waals surface area contributed by atoms with Crippen molar-refractivity contribution in [2.24, 2.45) is 0 Å². The molecule has 4 nitrogen and oxygen atoms in total. The molecule has 0 aromatic heterocycles. The molecule has 0 N–H and O–H groups in total. The summed E-state index contributed by atoms with van der Waals surface area (Å²) in [6.45, 7) is 1.95. The van der Waals surface area contributed by atoms with Crippen molar-refractivity contribution >= 4 is 17.5 Å². The summed E-state index contributed by atoms with van der Waals surface area (Å²) in [5.41, 5.74) is 1.66. The van der Waals surface area contributed by atoms with Crippen molar-refractivity contribution in [2.45, 2.75) is 13.0 Å². The lowest BCUT2D eigenvalue weighted by Crippen LogP contribution is -2.64. The standard InChI is InChI=1S/C16H13NO3/c1-11-7-9-12(10-8-11)17-15(18)14(16(17)19)20-13-5-3-2-4-6-13/h2-10,14H,1H3. The first-order chi connectivity index (χ1) is 9.66. The van der Waals surface area contributed by atoms with Gasteiger partial charge in [-0.3, -0.25) is 9.59 Å². The van der Waals surface area contributed by atoms with E-state index < -0.39 is 6.10 Å². The Morgan fingerprint density at radius 1 is 0.900 bits per heavy atom. The summed E-state index contributed by atoms with van der Waals surface area (Å²) in [6, 6.07) is 16.1. The van der Waals surface area contributed by atoms with Crippen molar-refractivity contribution in [3.8, 4) is 5.75 Å². The highest BCUT2D eigenvalue weighted by molar-refractivity contribution is 6.35. The molecule has 1 aliphatic rings. The van der Waals surface area contributed by atoms with E-state index in [-0.39, 0.29) is 11.8 Å². The molecule has 3 rings (SSSR count). The van der Waals surface area contributed by atoms with Gasteiger partial charge in [0.2, 0.25) is 0 Å². The molecule has 4 heteroatoms. The lowest BCUT2D eigenvalue weighted by molar-refractivity contribution is -0.147. The van der Waals surface area contributed by atoms with E-state index in [1.54, 1.807) is 36.4 Å². The largest absolute Gasteiger partial charge is 0.471 e. The molecule has 1 saturated heterocycles. The van der Waals surface area contributed by atoms with Crippen LogP contribution >= 0.6 is 0 Å². The number of hydrogen-bond acceptors (Lipinski definition) is 3. The normalized spacial score (nSPS) is 15.2. The number of aryl methyl sites for hydroxylation is 1. The summed E-state index contributed by atoms with van der Waals surface area (Å²) in [5.74, 6) is -0.145. The van der Waals surface area contributed by atoms with Crippen LogP contribution in [-0.2, 0) is 9.59 Å². The van der Waals surface area contributed by atoms with Gasteiger partial charge in [-0.15, -0.1) is 0 Å². The second-order valence-electron chi connectivity index (χ2n) is 4.66. The van der Waals surface area contributed by atoms with E-state index in [0.717, 1.165) is 10.5 Å². The van der Waals surface area contributed by atoms with Crippen molar-refractivity contribution in [3.05, 3.63) is 60.2 Å². The van der Waals surface area contributed by atoms with Gasteiger partial charge in [-0.05, 0) is 31.2 Å². The number of rotatable bonds is 3. The Bertz CT molecular complexity index is 633. The Hall–Kier alpha value is -2.62. The van der Waals surface area contributed by atoms with Gasteiger partial charge in [0, 0.05) is 0 Å². The first-order valence-corrected chi connectivity index (χ1v) is 6.33. The molecule has 1 aliphatic heterocycles. The number of imide groups is 1. The third kappa shape index (κ3) is 2.05. The first-order valence-electron chi connectivity index (χ1n) is 6.33. The Morgan fingerprint density at radius 3 is 2.10 bits per heavy atom. The average Bonchev–Trinajstić information content (AvgIpc) is 2.48. The molecule has 0 atom stereocenters. The molecule has 0 spiro atoms. The molecule has 2 aromatic rings. The number of carbonyl (C=O) groups excluding carboxylic acids is 2. The minimum absolute atomic E-state index is 0.331. The van der Waals surface area contributed by atoms with Crippen molar-refractivity contribution in [2.75, 3.05) is 4.90 Å². The number of amides is 2. The molecule has 1 fully saturated rings. The number of ether oxygens (including phenoxy) is 1. The van der Waals surface area contributed by atoms with E-state index in [9.17, 15) is 9.59 Å². The molecule has 0 saturated carbocycles. The third-order valence-corrected chi connectivity index (χ3v) is 3.18. The quantitative estimate of drug-likeness (QED) is 0.633. The van der Waals surface area contributed by atoms with E-state index in [1.165, 1.54) is 0 Å². The second-order valence-corrected chi connectivity index (χ2v) is 4.66. The van der Waals surface area contributed by atoms with Gasteiger partial charge in [0.1, 0.15) is 5.75 Å². The predicted octanol–water partition coefficient (Wildman–Crippen LogP) is 2.32. The number of carbonyl (C=O) groups is 2. The zero-order valence-corrected chi connectivity index (χ0v) is 10.9. The van der Waals surface area contributed by atoms with E-state index >= 15 is 0 Å². The summed E-state index contributed by atoms with van der Waals surface area (Å²) >= 11 is 0. The maximum Gasteiger partial charge on any atom is 0.284 e. The Morgan fingerprint density at radius 2 is 1.50 bits per heavy atom. The molecule has 1 heterocycles. The average molecular weight is 267 g/mol. The number of anilines is 1. The zero-order chi connectivity index (χ0) is 14.1.